The number of hydrogen-bond donors (Lipinski definition) is 1. The third kappa shape index (κ3) is 2.05. The molecule has 0 saturated heterocycles. The van der Waals surface area contributed by atoms with Gasteiger partial charge in [-0.3, -0.25) is 0 Å². The molecule has 0 unspecified atom stereocenters. The number of fused-ring (bicyclic) bond motifs is 1. The SMILES string of the molecule is Oc1cc(C(F)(F)F)nc2cc(C(F)(F)F)nn12. The summed E-state index contributed by atoms with van der Waals surface area (Å²) in [5.41, 5.74) is -3.68. The molecule has 0 atom stereocenters. The number of halogens is 6. The minimum Gasteiger partial charge on any atom is -0.493 e. The van der Waals surface area contributed by atoms with E-state index < -0.39 is 35.3 Å². The van der Waals surface area contributed by atoms with Gasteiger partial charge in [0, 0.05) is 12.1 Å². The highest BCUT2D eigenvalue weighted by atomic mass is 19.4. The Kier molecular flexibility index (Phi) is 2.42. The number of hydrogen-bond acceptors (Lipinski definition) is 3. The smallest absolute Gasteiger partial charge is 0.435 e. The van der Waals surface area contributed by atoms with Crippen molar-refractivity contribution < 1.29 is 31.4 Å². The minimum atomic E-state index is -4.87. The normalized spacial score (nSPS) is 13.2. The van der Waals surface area contributed by atoms with Crippen molar-refractivity contribution in [2.45, 2.75) is 12.4 Å². The van der Waals surface area contributed by atoms with Crippen LogP contribution in [0.5, 0.6) is 5.88 Å². The molecule has 10 heteroatoms. The molecule has 2 rings (SSSR count). The molecular weight excluding hydrogens is 268 g/mol. The van der Waals surface area contributed by atoms with E-state index in [1.807, 2.05) is 0 Å². The molecule has 98 valence electrons. The van der Waals surface area contributed by atoms with E-state index in [2.05, 4.69) is 10.1 Å². The van der Waals surface area contributed by atoms with E-state index in [1.54, 1.807) is 0 Å². The van der Waals surface area contributed by atoms with Gasteiger partial charge in [0.05, 0.1) is 0 Å². The predicted molar refractivity (Wildman–Crippen MR) is 44.7 cm³/mol. The summed E-state index contributed by atoms with van der Waals surface area (Å²) in [4.78, 5) is 2.96. The lowest BCUT2D eigenvalue weighted by molar-refractivity contribution is -0.142. The monoisotopic (exact) mass is 271 g/mol. The topological polar surface area (TPSA) is 50.4 Å². The molecule has 0 aliphatic heterocycles. The fourth-order valence-corrected chi connectivity index (χ4v) is 1.24. The van der Waals surface area contributed by atoms with Crippen molar-refractivity contribution >= 4 is 5.65 Å². The van der Waals surface area contributed by atoms with Crippen molar-refractivity contribution in [3.05, 3.63) is 23.5 Å². The van der Waals surface area contributed by atoms with Crippen molar-refractivity contribution in [1.29, 1.82) is 0 Å². The number of alkyl halides is 6. The van der Waals surface area contributed by atoms with E-state index in [4.69, 9.17) is 0 Å². The Hall–Kier alpha value is -2.00. The molecule has 1 N–H and O–H groups in total. The highest BCUT2D eigenvalue weighted by Gasteiger charge is 2.37. The highest BCUT2D eigenvalue weighted by molar-refractivity contribution is 5.44. The van der Waals surface area contributed by atoms with Gasteiger partial charge < -0.3 is 5.11 Å². The van der Waals surface area contributed by atoms with E-state index in [0.717, 1.165) is 0 Å². The van der Waals surface area contributed by atoms with Crippen LogP contribution in [-0.2, 0) is 12.4 Å². The van der Waals surface area contributed by atoms with E-state index in [9.17, 15) is 31.4 Å². The lowest BCUT2D eigenvalue weighted by Gasteiger charge is -2.06. The summed E-state index contributed by atoms with van der Waals surface area (Å²) in [5.74, 6) is -1.08. The maximum absolute atomic E-state index is 12.3. The zero-order chi connectivity index (χ0) is 13.7. The Morgan fingerprint density at radius 1 is 0.944 bits per heavy atom. The van der Waals surface area contributed by atoms with Crippen LogP contribution in [0.3, 0.4) is 0 Å². The lowest BCUT2D eigenvalue weighted by Crippen LogP contribution is -2.09. The van der Waals surface area contributed by atoms with E-state index >= 15 is 0 Å². The summed E-state index contributed by atoms with van der Waals surface area (Å²) in [6.45, 7) is 0. The first-order valence-electron chi connectivity index (χ1n) is 4.33. The summed E-state index contributed by atoms with van der Waals surface area (Å²) >= 11 is 0. The quantitative estimate of drug-likeness (QED) is 0.749. The van der Waals surface area contributed by atoms with Crippen LogP contribution in [0.1, 0.15) is 11.4 Å². The van der Waals surface area contributed by atoms with Crippen molar-refractivity contribution in [2.24, 2.45) is 0 Å². The van der Waals surface area contributed by atoms with Crippen LogP contribution in [0.2, 0.25) is 0 Å². The molecule has 0 fully saturated rings. The van der Waals surface area contributed by atoms with Crippen molar-refractivity contribution in [3.8, 4) is 5.88 Å². The molecule has 0 aliphatic rings. The summed E-state index contributed by atoms with van der Waals surface area (Å²) in [5, 5.41) is 12.1. The molecule has 0 aliphatic carbocycles. The van der Waals surface area contributed by atoms with Crippen LogP contribution in [-0.4, -0.2) is 19.7 Å². The second kappa shape index (κ2) is 3.50. The first-order valence-corrected chi connectivity index (χ1v) is 4.33. The molecule has 2 heterocycles. The van der Waals surface area contributed by atoms with Gasteiger partial charge in [0.1, 0.15) is 0 Å². The zero-order valence-corrected chi connectivity index (χ0v) is 8.21. The van der Waals surface area contributed by atoms with Gasteiger partial charge in [-0.1, -0.05) is 0 Å². The molecule has 0 spiro atoms. The predicted octanol–water partition coefficient (Wildman–Crippen LogP) is 2.47. The molecule has 0 saturated carbocycles. The Labute approximate surface area is 94.5 Å². The molecule has 0 bridgehead atoms. The van der Waals surface area contributed by atoms with Gasteiger partial charge in [-0.15, -0.1) is 0 Å². The molecule has 2 aromatic rings. The minimum absolute atomic E-state index is 0.195. The molecule has 18 heavy (non-hydrogen) atoms. The lowest BCUT2D eigenvalue weighted by atomic mass is 10.4. The van der Waals surface area contributed by atoms with Crippen LogP contribution >= 0.6 is 0 Å². The Bertz CT molecular complexity index is 599. The molecule has 4 nitrogen and oxygen atoms in total. The van der Waals surface area contributed by atoms with Crippen LogP contribution in [0, 0.1) is 0 Å². The fourth-order valence-electron chi connectivity index (χ4n) is 1.24. The molecule has 2 aromatic heterocycles. The summed E-state index contributed by atoms with van der Waals surface area (Å²) in [6.07, 6.45) is -9.71. The Morgan fingerprint density at radius 3 is 2.00 bits per heavy atom. The van der Waals surface area contributed by atoms with Crippen molar-refractivity contribution in [2.75, 3.05) is 0 Å². The first-order chi connectivity index (χ1) is 8.09. The van der Waals surface area contributed by atoms with Crippen molar-refractivity contribution in [1.82, 2.24) is 14.6 Å². The van der Waals surface area contributed by atoms with Gasteiger partial charge in [0.2, 0.25) is 5.88 Å². The molecule has 0 amide bonds. The zero-order valence-electron chi connectivity index (χ0n) is 8.21. The Morgan fingerprint density at radius 2 is 1.50 bits per heavy atom. The van der Waals surface area contributed by atoms with Gasteiger partial charge in [-0.05, 0) is 0 Å². The van der Waals surface area contributed by atoms with Crippen LogP contribution in [0.4, 0.5) is 26.3 Å². The highest BCUT2D eigenvalue weighted by Crippen LogP contribution is 2.33. The molecule has 0 aromatic carbocycles. The number of aromatic nitrogens is 3. The van der Waals surface area contributed by atoms with Crippen molar-refractivity contribution in [3.63, 3.8) is 0 Å². The van der Waals surface area contributed by atoms with Gasteiger partial charge >= 0.3 is 12.4 Å². The third-order valence-electron chi connectivity index (χ3n) is 1.99. The number of aromatic hydroxyl groups is 1. The van der Waals surface area contributed by atoms with Crippen LogP contribution < -0.4 is 0 Å². The summed E-state index contributed by atoms with van der Waals surface area (Å²) in [7, 11) is 0. The fraction of sp³-hybridized carbons (Fsp3) is 0.250. The van der Waals surface area contributed by atoms with Gasteiger partial charge in [0.25, 0.3) is 0 Å². The standard InChI is InChI=1S/C8H3F6N3O/c9-7(10,11)3-2-6(18)17-5(15-3)1-4(16-17)8(12,13)14/h1-2,18H. The maximum atomic E-state index is 12.3. The Balaban J connectivity index is 2.67. The van der Waals surface area contributed by atoms with Gasteiger partial charge in [-0.25, -0.2) is 4.98 Å². The molecular formula is C8H3F6N3O. The number of nitrogens with zero attached hydrogens (tertiary/aromatic N) is 3. The van der Waals surface area contributed by atoms with E-state index in [0.29, 0.717) is 6.07 Å². The van der Waals surface area contributed by atoms with E-state index in [-0.39, 0.29) is 10.6 Å². The average molecular weight is 271 g/mol. The first kappa shape index (κ1) is 12.5. The summed E-state index contributed by atoms with van der Waals surface area (Å²) < 4.78 is 74.1. The van der Waals surface area contributed by atoms with Crippen LogP contribution in [0.15, 0.2) is 12.1 Å². The third-order valence-corrected chi connectivity index (χ3v) is 1.99. The van der Waals surface area contributed by atoms with Gasteiger partial charge in [-0.2, -0.15) is 36.0 Å². The van der Waals surface area contributed by atoms with E-state index in [1.165, 1.54) is 0 Å². The largest absolute Gasteiger partial charge is 0.493 e. The summed E-state index contributed by atoms with van der Waals surface area (Å²) in [6, 6.07) is 0.509. The maximum Gasteiger partial charge on any atom is 0.435 e. The molecule has 0 radical (unpaired) electrons. The van der Waals surface area contributed by atoms with Crippen LogP contribution in [0.25, 0.3) is 5.65 Å². The average Bonchev–Trinajstić information content (AvgIpc) is 2.59. The second-order valence-corrected chi connectivity index (χ2v) is 3.29. The van der Waals surface area contributed by atoms with Gasteiger partial charge in [0.15, 0.2) is 17.0 Å². The second-order valence-electron chi connectivity index (χ2n) is 3.29. The number of rotatable bonds is 0.